The van der Waals surface area contributed by atoms with Crippen LogP contribution in [0.25, 0.3) is 11.0 Å². The summed E-state index contributed by atoms with van der Waals surface area (Å²) in [6, 6.07) is 13.0. The second kappa shape index (κ2) is 3.85. The van der Waals surface area contributed by atoms with Crippen LogP contribution in [-0.4, -0.2) is 9.97 Å². The molecule has 3 heteroatoms. The number of hydrogen-bond acceptors (Lipinski definition) is 2. The average molecular weight is 263 g/mol. The van der Waals surface area contributed by atoms with Gasteiger partial charge in [-0.25, -0.2) is 4.98 Å². The second-order valence-electron chi connectivity index (χ2n) is 5.99. The van der Waals surface area contributed by atoms with Crippen molar-refractivity contribution in [3.8, 4) is 0 Å². The predicted molar refractivity (Wildman–Crippen MR) is 81.9 cm³/mol. The van der Waals surface area contributed by atoms with Gasteiger partial charge >= 0.3 is 0 Å². The molecule has 3 aromatic rings. The Kier molecular flexibility index (Phi) is 2.22. The minimum absolute atomic E-state index is 0.0571. The summed E-state index contributed by atoms with van der Waals surface area (Å²) in [6.07, 6.45) is 3.91. The molecule has 1 aromatic carbocycles. The van der Waals surface area contributed by atoms with Crippen molar-refractivity contribution in [1.29, 1.82) is 0 Å². The molecule has 0 saturated heterocycles. The third-order valence-corrected chi connectivity index (χ3v) is 4.44. The van der Waals surface area contributed by atoms with E-state index in [9.17, 15) is 0 Å². The van der Waals surface area contributed by atoms with Crippen molar-refractivity contribution in [3.63, 3.8) is 0 Å². The van der Waals surface area contributed by atoms with Gasteiger partial charge in [-0.15, -0.1) is 0 Å². The van der Waals surface area contributed by atoms with Gasteiger partial charge < -0.3 is 10.3 Å². The van der Waals surface area contributed by atoms with E-state index in [1.165, 1.54) is 22.2 Å². The molecule has 4 rings (SSSR count). The van der Waals surface area contributed by atoms with Gasteiger partial charge in [0.2, 0.25) is 0 Å². The van der Waals surface area contributed by atoms with Crippen LogP contribution in [0.5, 0.6) is 0 Å². The highest BCUT2D eigenvalue weighted by atomic mass is 15.0. The van der Waals surface area contributed by atoms with E-state index in [0.29, 0.717) is 0 Å². The molecule has 0 aliphatic carbocycles. The summed E-state index contributed by atoms with van der Waals surface area (Å²) in [5.41, 5.74) is 4.91. The lowest BCUT2D eigenvalue weighted by molar-refractivity contribution is 0.476. The fourth-order valence-corrected chi connectivity index (χ4v) is 3.34. The first-order valence-electron chi connectivity index (χ1n) is 6.96. The van der Waals surface area contributed by atoms with Crippen LogP contribution in [0.1, 0.15) is 31.0 Å². The molecular formula is C17H17N3. The summed E-state index contributed by atoms with van der Waals surface area (Å²) < 4.78 is 0. The molecule has 0 bridgehead atoms. The van der Waals surface area contributed by atoms with E-state index in [1.807, 2.05) is 12.3 Å². The molecule has 1 unspecified atom stereocenters. The van der Waals surface area contributed by atoms with Gasteiger partial charge in [-0.2, -0.15) is 0 Å². The Labute approximate surface area is 118 Å². The highest BCUT2D eigenvalue weighted by Gasteiger charge is 2.40. The molecule has 1 atom stereocenters. The first-order valence-corrected chi connectivity index (χ1v) is 6.96. The van der Waals surface area contributed by atoms with Crippen molar-refractivity contribution >= 4 is 16.7 Å². The SMILES string of the molecule is CC1(C)c2ccccc2NC1c1c[nH]c2ncccc12. The number of pyridine rings is 1. The van der Waals surface area contributed by atoms with Crippen LogP contribution in [0.2, 0.25) is 0 Å². The van der Waals surface area contributed by atoms with E-state index in [2.05, 4.69) is 65.7 Å². The minimum Gasteiger partial charge on any atom is -0.377 e. The first kappa shape index (κ1) is 11.5. The molecule has 20 heavy (non-hydrogen) atoms. The molecule has 3 nitrogen and oxygen atoms in total. The number of hydrogen-bond donors (Lipinski definition) is 2. The predicted octanol–water partition coefficient (Wildman–Crippen LogP) is 4.01. The Morgan fingerprint density at radius 3 is 2.80 bits per heavy atom. The van der Waals surface area contributed by atoms with E-state index in [1.54, 1.807) is 0 Å². The summed E-state index contributed by atoms with van der Waals surface area (Å²) in [7, 11) is 0. The van der Waals surface area contributed by atoms with Crippen molar-refractivity contribution < 1.29 is 0 Å². The minimum atomic E-state index is 0.0571. The molecule has 0 fully saturated rings. The van der Waals surface area contributed by atoms with Gasteiger partial charge in [-0.3, -0.25) is 0 Å². The van der Waals surface area contributed by atoms with Crippen LogP contribution in [0, 0.1) is 0 Å². The Morgan fingerprint density at radius 2 is 1.95 bits per heavy atom. The van der Waals surface area contributed by atoms with Crippen LogP contribution in [0.4, 0.5) is 5.69 Å². The zero-order chi connectivity index (χ0) is 13.7. The van der Waals surface area contributed by atoms with Gasteiger partial charge in [0.25, 0.3) is 0 Å². The third-order valence-electron chi connectivity index (χ3n) is 4.44. The first-order chi connectivity index (χ1) is 9.68. The van der Waals surface area contributed by atoms with Crippen molar-refractivity contribution in [2.45, 2.75) is 25.3 Å². The third kappa shape index (κ3) is 1.43. The van der Waals surface area contributed by atoms with Gasteiger partial charge in [-0.05, 0) is 23.8 Å². The van der Waals surface area contributed by atoms with Gasteiger partial charge in [0.05, 0.1) is 6.04 Å². The van der Waals surface area contributed by atoms with Crippen molar-refractivity contribution in [3.05, 3.63) is 59.9 Å². The normalized spacial score (nSPS) is 19.8. The Hall–Kier alpha value is -2.29. The monoisotopic (exact) mass is 263 g/mol. The van der Waals surface area contributed by atoms with E-state index in [0.717, 1.165) is 5.65 Å². The summed E-state index contributed by atoms with van der Waals surface area (Å²) in [5.74, 6) is 0. The summed E-state index contributed by atoms with van der Waals surface area (Å²) in [5, 5.41) is 4.87. The van der Waals surface area contributed by atoms with Crippen LogP contribution in [0.3, 0.4) is 0 Å². The summed E-state index contributed by atoms with van der Waals surface area (Å²) in [4.78, 5) is 7.67. The molecule has 0 saturated carbocycles. The van der Waals surface area contributed by atoms with Crippen LogP contribution in [0.15, 0.2) is 48.8 Å². The standard InChI is InChI=1S/C17H17N3/c1-17(2)13-7-3-4-8-14(13)20-15(17)12-10-19-16-11(12)6-5-9-18-16/h3-10,15,20H,1-2H3,(H,18,19). The van der Waals surface area contributed by atoms with Gasteiger partial charge in [-0.1, -0.05) is 32.0 Å². The lowest BCUT2D eigenvalue weighted by atomic mass is 9.78. The van der Waals surface area contributed by atoms with Crippen LogP contribution in [-0.2, 0) is 5.41 Å². The van der Waals surface area contributed by atoms with Crippen LogP contribution >= 0.6 is 0 Å². The number of aromatic amines is 1. The van der Waals surface area contributed by atoms with Crippen molar-refractivity contribution in [2.24, 2.45) is 0 Å². The van der Waals surface area contributed by atoms with Gasteiger partial charge in [0.1, 0.15) is 5.65 Å². The molecule has 0 radical (unpaired) electrons. The van der Waals surface area contributed by atoms with E-state index in [-0.39, 0.29) is 11.5 Å². The molecule has 0 amide bonds. The Balaban J connectivity index is 1.89. The highest BCUT2D eigenvalue weighted by Crippen LogP contribution is 2.49. The topological polar surface area (TPSA) is 40.7 Å². The van der Waals surface area contributed by atoms with E-state index >= 15 is 0 Å². The molecule has 2 N–H and O–H groups in total. The zero-order valence-corrected chi connectivity index (χ0v) is 11.6. The Bertz CT molecular complexity index is 786. The number of nitrogens with zero attached hydrogens (tertiary/aromatic N) is 1. The molecule has 0 spiro atoms. The number of rotatable bonds is 1. The average Bonchev–Trinajstić information content (AvgIpc) is 2.98. The molecule has 2 aromatic heterocycles. The number of nitrogens with one attached hydrogen (secondary N) is 2. The van der Waals surface area contributed by atoms with Crippen molar-refractivity contribution in [2.75, 3.05) is 5.32 Å². The maximum absolute atomic E-state index is 4.39. The highest BCUT2D eigenvalue weighted by molar-refractivity contribution is 5.82. The molecule has 1 aliphatic rings. The number of H-pyrrole nitrogens is 1. The summed E-state index contributed by atoms with van der Waals surface area (Å²) in [6.45, 7) is 4.59. The smallest absolute Gasteiger partial charge is 0.137 e. The fraction of sp³-hybridized carbons (Fsp3) is 0.235. The maximum atomic E-state index is 4.39. The lowest BCUT2D eigenvalue weighted by Gasteiger charge is -2.27. The number of aromatic nitrogens is 2. The molecular weight excluding hydrogens is 246 g/mol. The van der Waals surface area contributed by atoms with Crippen LogP contribution < -0.4 is 5.32 Å². The van der Waals surface area contributed by atoms with E-state index in [4.69, 9.17) is 0 Å². The van der Waals surface area contributed by atoms with Gasteiger partial charge in [0, 0.05) is 34.4 Å². The summed E-state index contributed by atoms with van der Waals surface area (Å²) >= 11 is 0. The molecule has 3 heterocycles. The molecule has 100 valence electrons. The number of anilines is 1. The largest absolute Gasteiger partial charge is 0.377 e. The number of benzene rings is 1. The quantitative estimate of drug-likeness (QED) is 0.696. The lowest BCUT2D eigenvalue weighted by Crippen LogP contribution is -2.25. The van der Waals surface area contributed by atoms with Crippen molar-refractivity contribution in [1.82, 2.24) is 9.97 Å². The Morgan fingerprint density at radius 1 is 1.10 bits per heavy atom. The number of para-hydroxylation sites is 1. The zero-order valence-electron chi connectivity index (χ0n) is 11.6. The van der Waals surface area contributed by atoms with Gasteiger partial charge in [0.15, 0.2) is 0 Å². The van der Waals surface area contributed by atoms with E-state index < -0.39 is 0 Å². The molecule has 1 aliphatic heterocycles. The fourth-order valence-electron chi connectivity index (χ4n) is 3.34. The maximum Gasteiger partial charge on any atom is 0.137 e. The number of fused-ring (bicyclic) bond motifs is 2. The second-order valence-corrected chi connectivity index (χ2v) is 5.99.